The van der Waals surface area contributed by atoms with Gasteiger partial charge in [-0.1, -0.05) is 30.5 Å². The lowest BCUT2D eigenvalue weighted by Gasteiger charge is -2.32. The van der Waals surface area contributed by atoms with E-state index in [9.17, 15) is 18.0 Å². The lowest BCUT2D eigenvalue weighted by Crippen LogP contribution is -2.46. The topological polar surface area (TPSA) is 141 Å². The molecule has 6 rings (SSSR count). The number of allylic oxidation sites excluding steroid dienone is 2. The van der Waals surface area contributed by atoms with Gasteiger partial charge in [0.25, 0.3) is 0 Å². The van der Waals surface area contributed by atoms with Gasteiger partial charge >= 0.3 is 6.09 Å². The number of halogens is 1. The summed E-state index contributed by atoms with van der Waals surface area (Å²) in [5.74, 6) is 0.536. The Kier molecular flexibility index (Phi) is 13.1. The van der Waals surface area contributed by atoms with Crippen LogP contribution in [-0.4, -0.2) is 115 Å². The number of carbonyl (C=O) groups is 2. The zero-order chi connectivity index (χ0) is 39.3. The van der Waals surface area contributed by atoms with Crippen molar-refractivity contribution in [3.8, 4) is 0 Å². The van der Waals surface area contributed by atoms with Gasteiger partial charge in [-0.3, -0.25) is 9.52 Å². The molecule has 2 N–H and O–H groups in total. The fourth-order valence-corrected chi connectivity index (χ4v) is 8.61. The van der Waals surface area contributed by atoms with E-state index in [1.807, 2.05) is 55.4 Å². The third-order valence-corrected chi connectivity index (χ3v) is 11.4. The standard InChI is InChI=1S/C40H57ClN8O5S/c1-28-26-49-36(25-34(44-49)29-11-7-6-8-12-30(23-29)37(50)33-14-13-31(41)24-35(33)45-55(5,52)53)43-38(28)47-20-15-32(27-47)48(39(51)54-40(2,3)4)19-10-9-18-46-21-16-42-17-22-46/h13-14,23-26,29,32,42,45H,6-12,15-22,27H2,1-5H3/b30-23-/t29-,32+/m1/s1. The molecule has 2 atom stereocenters. The first-order chi connectivity index (χ1) is 26.1. The summed E-state index contributed by atoms with van der Waals surface area (Å²) in [6, 6.07) is 6.67. The van der Waals surface area contributed by atoms with Gasteiger partial charge in [-0.2, -0.15) is 5.10 Å². The molecule has 1 amide bonds. The zero-order valence-electron chi connectivity index (χ0n) is 32.9. The van der Waals surface area contributed by atoms with E-state index in [2.05, 4.69) is 19.8 Å². The minimum atomic E-state index is -3.63. The molecule has 0 bridgehead atoms. The summed E-state index contributed by atoms with van der Waals surface area (Å²) in [5.41, 5.74) is 3.03. The van der Waals surface area contributed by atoms with Crippen molar-refractivity contribution in [2.75, 3.05) is 68.2 Å². The van der Waals surface area contributed by atoms with Crippen LogP contribution in [0.4, 0.5) is 16.3 Å². The predicted molar refractivity (Wildman–Crippen MR) is 218 cm³/mol. The minimum Gasteiger partial charge on any atom is -0.444 e. The quantitative estimate of drug-likeness (QED) is 0.156. The van der Waals surface area contributed by atoms with Crippen LogP contribution in [0.5, 0.6) is 0 Å². The first kappa shape index (κ1) is 40.9. The fraction of sp³-hybridized carbons (Fsp3) is 0.600. The Morgan fingerprint density at radius 3 is 2.60 bits per heavy atom. The second-order valence-electron chi connectivity index (χ2n) is 16.3. The highest BCUT2D eigenvalue weighted by Crippen LogP contribution is 2.34. The summed E-state index contributed by atoms with van der Waals surface area (Å²) >= 11 is 6.19. The molecular formula is C40H57ClN8O5S. The van der Waals surface area contributed by atoms with Crippen LogP contribution in [0, 0.1) is 6.92 Å². The Bertz CT molecular complexity index is 1990. The van der Waals surface area contributed by atoms with Crippen molar-refractivity contribution in [3.63, 3.8) is 0 Å². The molecule has 0 unspecified atom stereocenters. The molecule has 2 saturated heterocycles. The monoisotopic (exact) mass is 796 g/mol. The molecule has 1 aromatic carbocycles. The summed E-state index contributed by atoms with van der Waals surface area (Å²) in [7, 11) is -3.63. The summed E-state index contributed by atoms with van der Waals surface area (Å²) in [6.07, 6.45) is 11.8. The van der Waals surface area contributed by atoms with Gasteiger partial charge in [-0.05, 0) is 96.5 Å². The Balaban J connectivity index is 1.19. The van der Waals surface area contributed by atoms with Crippen molar-refractivity contribution in [3.05, 3.63) is 64.0 Å². The molecule has 1 aliphatic carbocycles. The predicted octanol–water partition coefficient (Wildman–Crippen LogP) is 6.42. The number of nitrogens with one attached hydrogen (secondary N) is 2. The van der Waals surface area contributed by atoms with E-state index >= 15 is 0 Å². The van der Waals surface area contributed by atoms with Crippen molar-refractivity contribution in [1.82, 2.24) is 29.7 Å². The van der Waals surface area contributed by atoms with Crippen LogP contribution in [0.3, 0.4) is 0 Å². The van der Waals surface area contributed by atoms with Gasteiger partial charge in [0.15, 0.2) is 11.4 Å². The van der Waals surface area contributed by atoms with Gasteiger partial charge in [0.05, 0.1) is 23.7 Å². The number of ether oxygens (including phenoxy) is 1. The third kappa shape index (κ3) is 11.0. The second kappa shape index (κ2) is 17.6. The Morgan fingerprint density at radius 2 is 1.85 bits per heavy atom. The maximum Gasteiger partial charge on any atom is 0.410 e. The number of piperazine rings is 1. The number of hydrogen-bond donors (Lipinski definition) is 2. The van der Waals surface area contributed by atoms with Gasteiger partial charge in [-0.25, -0.2) is 22.7 Å². The van der Waals surface area contributed by atoms with Crippen LogP contribution in [0.25, 0.3) is 5.65 Å². The maximum atomic E-state index is 14.0. The molecular weight excluding hydrogens is 740 g/mol. The molecule has 0 radical (unpaired) electrons. The Morgan fingerprint density at radius 1 is 1.07 bits per heavy atom. The first-order valence-corrected chi connectivity index (χ1v) is 22.0. The lowest BCUT2D eigenvalue weighted by atomic mass is 9.87. The number of benzene rings is 1. The normalized spacial score (nSPS) is 21.1. The third-order valence-electron chi connectivity index (χ3n) is 10.5. The van der Waals surface area contributed by atoms with Crippen LogP contribution < -0.4 is 14.9 Å². The molecule has 2 aliphatic heterocycles. The van der Waals surface area contributed by atoms with E-state index < -0.39 is 15.6 Å². The highest BCUT2D eigenvalue weighted by atomic mass is 35.5. The molecule has 0 saturated carbocycles. The summed E-state index contributed by atoms with van der Waals surface area (Å²) in [5, 5.41) is 8.69. The SMILES string of the molecule is Cc1cn2nc([C@H]3/C=C(\C(=O)c4ccc(Cl)cc4NS(C)(=O)=O)CCCCC3)cc2nc1N1CC[C@H](N(CCCCN2CCNCC2)C(=O)OC(C)(C)C)C1. The van der Waals surface area contributed by atoms with Gasteiger partial charge in [0.1, 0.15) is 11.4 Å². The second-order valence-corrected chi connectivity index (χ2v) is 18.5. The van der Waals surface area contributed by atoms with Crippen LogP contribution in [0.2, 0.25) is 5.02 Å². The molecule has 2 fully saturated rings. The van der Waals surface area contributed by atoms with Crippen molar-refractivity contribution in [2.24, 2.45) is 0 Å². The first-order valence-electron chi connectivity index (χ1n) is 19.7. The van der Waals surface area contributed by atoms with E-state index in [0.29, 0.717) is 30.1 Å². The molecule has 55 heavy (non-hydrogen) atoms. The van der Waals surface area contributed by atoms with Crippen LogP contribution in [0.1, 0.15) is 99.7 Å². The van der Waals surface area contributed by atoms with Crippen LogP contribution in [-0.2, 0) is 14.8 Å². The highest BCUT2D eigenvalue weighted by molar-refractivity contribution is 7.92. The van der Waals surface area contributed by atoms with E-state index in [0.717, 1.165) is 113 Å². The smallest absolute Gasteiger partial charge is 0.410 e. The number of Topliss-reactive ketones (excluding diaryl/α,β-unsaturated/α-hetero) is 1. The number of rotatable bonds is 12. The number of fused-ring (bicyclic) bond motifs is 1. The zero-order valence-corrected chi connectivity index (χ0v) is 34.5. The Labute approximate surface area is 330 Å². The van der Waals surface area contributed by atoms with Crippen molar-refractivity contribution >= 4 is 50.7 Å². The molecule has 4 heterocycles. The van der Waals surface area contributed by atoms with E-state index in [1.165, 1.54) is 6.07 Å². The number of amides is 1. The number of sulfonamides is 1. The van der Waals surface area contributed by atoms with Crippen LogP contribution in [0.15, 0.2) is 42.1 Å². The average molecular weight is 797 g/mol. The fourth-order valence-electron chi connectivity index (χ4n) is 7.87. The molecule has 15 heteroatoms. The molecule has 3 aliphatic rings. The largest absolute Gasteiger partial charge is 0.444 e. The number of nitrogens with zero attached hydrogens (tertiary/aromatic N) is 6. The summed E-state index contributed by atoms with van der Waals surface area (Å²) < 4.78 is 34.4. The van der Waals surface area contributed by atoms with Crippen LogP contribution >= 0.6 is 11.6 Å². The minimum absolute atomic E-state index is 0.0109. The number of hydrogen-bond acceptors (Lipinski definition) is 10. The number of aryl methyl sites for hydroxylation is 1. The van der Waals surface area contributed by atoms with Crippen molar-refractivity contribution in [2.45, 2.75) is 96.6 Å². The molecule has 3 aromatic rings. The number of unbranched alkanes of at least 4 members (excludes halogenated alkanes) is 1. The molecule has 0 spiro atoms. The molecule has 300 valence electrons. The number of anilines is 2. The lowest BCUT2D eigenvalue weighted by molar-refractivity contribution is 0.0173. The maximum absolute atomic E-state index is 14.0. The highest BCUT2D eigenvalue weighted by Gasteiger charge is 2.34. The van der Waals surface area contributed by atoms with Gasteiger partial charge in [0.2, 0.25) is 10.0 Å². The number of carbonyl (C=O) groups excluding carboxylic acids is 2. The van der Waals surface area contributed by atoms with E-state index in [1.54, 1.807) is 12.1 Å². The van der Waals surface area contributed by atoms with Gasteiger partial charge in [0, 0.05) is 80.1 Å². The summed E-state index contributed by atoms with van der Waals surface area (Å²) in [4.78, 5) is 39.3. The van der Waals surface area contributed by atoms with E-state index in [4.69, 9.17) is 26.4 Å². The Hall–Kier alpha value is -3.72. The number of ketones is 1. The average Bonchev–Trinajstić information content (AvgIpc) is 3.74. The van der Waals surface area contributed by atoms with Gasteiger partial charge in [-0.15, -0.1) is 0 Å². The summed E-state index contributed by atoms with van der Waals surface area (Å²) in [6.45, 7) is 15.1. The number of aromatic nitrogens is 3. The molecule has 2 aromatic heterocycles. The van der Waals surface area contributed by atoms with E-state index in [-0.39, 0.29) is 35.1 Å². The van der Waals surface area contributed by atoms with Crippen molar-refractivity contribution in [1.29, 1.82) is 0 Å². The van der Waals surface area contributed by atoms with Crippen molar-refractivity contribution < 1.29 is 22.7 Å². The molecule has 13 nitrogen and oxygen atoms in total. The van der Waals surface area contributed by atoms with Gasteiger partial charge < -0.3 is 24.8 Å².